The fourth-order valence-corrected chi connectivity index (χ4v) is 4.35. The van der Waals surface area contributed by atoms with Crippen molar-refractivity contribution < 1.29 is 45.1 Å². The number of pyridine rings is 1. The number of halogens is 7. The van der Waals surface area contributed by atoms with Gasteiger partial charge < -0.3 is 15.4 Å². The highest BCUT2D eigenvalue weighted by atomic mass is 32.1. The Morgan fingerprint density at radius 2 is 1.75 bits per heavy atom. The Labute approximate surface area is 247 Å². The van der Waals surface area contributed by atoms with Crippen LogP contribution in [0.4, 0.5) is 30.7 Å². The summed E-state index contributed by atoms with van der Waals surface area (Å²) in [6, 6.07) is 7.07. The van der Waals surface area contributed by atoms with Gasteiger partial charge in [-0.3, -0.25) is 14.6 Å². The molecule has 0 spiro atoms. The fraction of sp³-hybridized carbons (Fsp3) is 0.320. The number of aromatic nitrogens is 6. The highest BCUT2D eigenvalue weighted by molar-refractivity contribution is 7.13. The quantitative estimate of drug-likeness (QED) is 0.218. The van der Waals surface area contributed by atoms with Crippen LogP contribution in [0.2, 0.25) is 0 Å². The summed E-state index contributed by atoms with van der Waals surface area (Å²) < 4.78 is 94.6. The van der Waals surface area contributed by atoms with Crippen molar-refractivity contribution >= 4 is 23.2 Å². The summed E-state index contributed by atoms with van der Waals surface area (Å²) in [5.74, 6) is -1.73. The third-order valence-electron chi connectivity index (χ3n) is 5.66. The molecule has 2 amide bonds. The normalized spacial score (nSPS) is 12.5. The number of aryl methyl sites for hydroxylation is 1. The van der Waals surface area contributed by atoms with E-state index in [1.54, 1.807) is 0 Å². The zero-order valence-electron chi connectivity index (χ0n) is 22.2. The van der Waals surface area contributed by atoms with Crippen LogP contribution in [0.3, 0.4) is 0 Å². The minimum atomic E-state index is -4.85. The van der Waals surface area contributed by atoms with Crippen molar-refractivity contribution in [2.45, 2.75) is 51.2 Å². The van der Waals surface area contributed by atoms with Crippen molar-refractivity contribution in [3.63, 3.8) is 0 Å². The van der Waals surface area contributed by atoms with Gasteiger partial charge in [-0.2, -0.15) is 13.2 Å². The number of nitrogens with one attached hydrogen (secondary N) is 2. The predicted octanol–water partition coefficient (Wildman–Crippen LogP) is 4.27. The molecule has 1 unspecified atom stereocenters. The lowest BCUT2D eigenvalue weighted by Gasteiger charge is -2.10. The molecule has 0 aliphatic heterocycles. The maximum Gasteiger partial charge on any atom is 0.573 e. The molecule has 3 aromatic heterocycles. The lowest BCUT2D eigenvalue weighted by molar-refractivity contribution is -0.274. The number of carbonyl (C=O) groups excluding carboxylic acids is 2. The fourth-order valence-electron chi connectivity index (χ4n) is 3.58. The van der Waals surface area contributed by atoms with Gasteiger partial charge in [-0.15, -0.1) is 28.5 Å². The Balaban J connectivity index is 1.19. The number of rotatable bonds is 12. The van der Waals surface area contributed by atoms with Crippen molar-refractivity contribution in [3.05, 3.63) is 81.3 Å². The van der Waals surface area contributed by atoms with E-state index in [-0.39, 0.29) is 48.9 Å². The average Bonchev–Trinajstić information content (AvgIpc) is 3.63. The first-order chi connectivity index (χ1) is 20.7. The van der Waals surface area contributed by atoms with Crippen LogP contribution in [-0.2, 0) is 32.2 Å². The van der Waals surface area contributed by atoms with E-state index in [1.165, 1.54) is 18.3 Å². The molecular formula is C25H21F7N8O3S. The van der Waals surface area contributed by atoms with Gasteiger partial charge in [-0.1, -0.05) is 28.7 Å². The number of alkyl halides is 7. The molecular weight excluding hydrogens is 625 g/mol. The van der Waals surface area contributed by atoms with Gasteiger partial charge in [0.15, 0.2) is 5.69 Å². The Morgan fingerprint density at radius 3 is 2.45 bits per heavy atom. The van der Waals surface area contributed by atoms with Crippen molar-refractivity contribution in [1.29, 1.82) is 0 Å². The predicted molar refractivity (Wildman–Crippen MR) is 138 cm³/mol. The largest absolute Gasteiger partial charge is 0.573 e. The van der Waals surface area contributed by atoms with Crippen LogP contribution in [0, 0.1) is 0 Å². The van der Waals surface area contributed by atoms with E-state index in [0.29, 0.717) is 16.8 Å². The summed E-state index contributed by atoms with van der Waals surface area (Å²) in [6.45, 7) is -0.509. The summed E-state index contributed by atoms with van der Waals surface area (Å²) in [7, 11) is 0. The monoisotopic (exact) mass is 646 g/mol. The Hall–Kier alpha value is -4.68. The molecule has 0 aliphatic carbocycles. The number of ether oxygens (including phenoxy) is 1. The summed E-state index contributed by atoms with van der Waals surface area (Å²) in [6.07, 6.45) is -8.84. The third kappa shape index (κ3) is 9.68. The highest BCUT2D eigenvalue weighted by Gasteiger charge is 2.31. The van der Waals surface area contributed by atoms with Gasteiger partial charge in [0.25, 0.3) is 11.8 Å². The lowest BCUT2D eigenvalue weighted by Crippen LogP contribution is -2.23. The molecule has 4 aromatic rings. The van der Waals surface area contributed by atoms with E-state index in [2.05, 4.69) is 40.9 Å². The van der Waals surface area contributed by atoms with Crippen LogP contribution >= 0.6 is 11.3 Å². The number of hydrogen-bond donors (Lipinski definition) is 2. The number of carbonyl (C=O) groups is 2. The Kier molecular flexibility index (Phi) is 10.1. The van der Waals surface area contributed by atoms with E-state index in [4.69, 9.17) is 0 Å². The summed E-state index contributed by atoms with van der Waals surface area (Å²) in [5, 5.41) is 20.3. The van der Waals surface area contributed by atoms with E-state index >= 15 is 0 Å². The maximum absolute atomic E-state index is 14.6. The third-order valence-corrected chi connectivity index (χ3v) is 6.64. The molecule has 2 N–H and O–H groups in total. The number of amides is 2. The molecule has 11 nitrogen and oxygen atoms in total. The van der Waals surface area contributed by atoms with Crippen molar-refractivity contribution in [2.24, 2.45) is 0 Å². The van der Waals surface area contributed by atoms with Gasteiger partial charge in [-0.25, -0.2) is 9.07 Å². The molecule has 0 bridgehead atoms. The standard InChI is InChI=1S/C25H21F7N8O3S/c26-16(12-40-13-19(36-39-40)21(41)35-11-17-6-4-15(10-33-17)24(27,28)29)5-7-20-37-38-23(44-20)22(42)34-9-14-2-1-3-18(8-14)43-25(30,31)32/h1-4,6,8,10,13,16H,5,7,9,11-12H2,(H,34,42)(H,35,41). The molecule has 3 heterocycles. The molecule has 1 aromatic carbocycles. The highest BCUT2D eigenvalue weighted by Crippen LogP contribution is 2.28. The van der Waals surface area contributed by atoms with Gasteiger partial charge in [0.1, 0.15) is 16.9 Å². The zero-order valence-corrected chi connectivity index (χ0v) is 23.0. The zero-order chi connectivity index (χ0) is 31.9. The molecule has 19 heteroatoms. The molecule has 44 heavy (non-hydrogen) atoms. The molecule has 0 saturated heterocycles. The van der Waals surface area contributed by atoms with Crippen molar-refractivity contribution in [3.8, 4) is 5.75 Å². The first-order valence-electron chi connectivity index (χ1n) is 12.5. The second kappa shape index (κ2) is 13.7. The van der Waals surface area contributed by atoms with Gasteiger partial charge >= 0.3 is 12.5 Å². The van der Waals surface area contributed by atoms with E-state index in [1.807, 2.05) is 0 Å². The van der Waals surface area contributed by atoms with Crippen molar-refractivity contribution in [1.82, 2.24) is 40.8 Å². The molecule has 0 aliphatic rings. The molecule has 4 rings (SSSR count). The van der Waals surface area contributed by atoms with Gasteiger partial charge in [0, 0.05) is 19.2 Å². The van der Waals surface area contributed by atoms with E-state index in [0.717, 1.165) is 40.3 Å². The first kappa shape index (κ1) is 32.2. The van der Waals surface area contributed by atoms with Gasteiger partial charge in [-0.05, 0) is 36.2 Å². The molecule has 1 atom stereocenters. The second-order valence-corrected chi connectivity index (χ2v) is 10.1. The summed E-state index contributed by atoms with van der Waals surface area (Å²) in [4.78, 5) is 28.3. The number of benzene rings is 1. The SMILES string of the molecule is O=C(NCc1ccc(C(F)(F)F)cn1)c1cn(CC(F)CCc2nnc(C(=O)NCc3cccc(OC(F)(F)F)c3)s2)nn1. The summed E-state index contributed by atoms with van der Waals surface area (Å²) >= 11 is 0.926. The van der Waals surface area contributed by atoms with Gasteiger partial charge in [0.2, 0.25) is 5.01 Å². The average molecular weight is 647 g/mol. The molecule has 0 fully saturated rings. The topological polar surface area (TPSA) is 137 Å². The Morgan fingerprint density at radius 1 is 0.977 bits per heavy atom. The van der Waals surface area contributed by atoms with E-state index < -0.39 is 41.8 Å². The van der Waals surface area contributed by atoms with Gasteiger partial charge in [0.05, 0.1) is 30.5 Å². The maximum atomic E-state index is 14.6. The minimum absolute atomic E-state index is 0.0171. The van der Waals surface area contributed by atoms with Crippen LogP contribution < -0.4 is 15.4 Å². The van der Waals surface area contributed by atoms with Crippen LogP contribution in [0.5, 0.6) is 5.75 Å². The van der Waals surface area contributed by atoms with Crippen LogP contribution in [0.25, 0.3) is 0 Å². The molecule has 0 saturated carbocycles. The Bertz CT molecular complexity index is 1570. The second-order valence-electron chi connectivity index (χ2n) is 9.06. The van der Waals surface area contributed by atoms with Crippen LogP contribution in [0.15, 0.2) is 48.8 Å². The van der Waals surface area contributed by atoms with E-state index in [9.17, 15) is 40.3 Å². The van der Waals surface area contributed by atoms with Crippen molar-refractivity contribution in [2.75, 3.05) is 0 Å². The minimum Gasteiger partial charge on any atom is -0.406 e. The summed E-state index contributed by atoms with van der Waals surface area (Å²) in [5.41, 5.74) is -0.516. The molecule has 0 radical (unpaired) electrons. The smallest absolute Gasteiger partial charge is 0.406 e. The first-order valence-corrected chi connectivity index (χ1v) is 13.4. The van der Waals surface area contributed by atoms with Crippen LogP contribution in [0.1, 0.15) is 48.5 Å². The number of nitrogens with zero attached hydrogens (tertiary/aromatic N) is 6. The molecule has 234 valence electrons. The lowest BCUT2D eigenvalue weighted by atomic mass is 10.2. The van der Waals surface area contributed by atoms with Crippen LogP contribution in [-0.4, -0.2) is 54.5 Å². The number of hydrogen-bond acceptors (Lipinski definition) is 9.